The second-order valence-electron chi connectivity index (χ2n) is 5.23. The van der Waals surface area contributed by atoms with Crippen molar-refractivity contribution in [3.63, 3.8) is 0 Å². The van der Waals surface area contributed by atoms with Gasteiger partial charge in [0.15, 0.2) is 11.5 Å². The first-order valence-corrected chi connectivity index (χ1v) is 7.57. The average molecular weight is 328 g/mol. The van der Waals surface area contributed by atoms with Crippen LogP contribution in [0.2, 0.25) is 0 Å². The van der Waals surface area contributed by atoms with Crippen LogP contribution in [0.4, 0.5) is 11.4 Å². The summed E-state index contributed by atoms with van der Waals surface area (Å²) in [7, 11) is 0. The van der Waals surface area contributed by atoms with E-state index in [9.17, 15) is 14.9 Å². The fraction of sp³-hybridized carbons (Fsp3) is 0.235. The highest BCUT2D eigenvalue weighted by Gasteiger charge is 2.21. The molecule has 0 aromatic heterocycles. The van der Waals surface area contributed by atoms with E-state index in [-0.39, 0.29) is 11.3 Å². The van der Waals surface area contributed by atoms with Crippen LogP contribution in [0, 0.1) is 10.1 Å². The topological polar surface area (TPSA) is 90.7 Å². The van der Waals surface area contributed by atoms with Crippen LogP contribution >= 0.6 is 0 Å². The summed E-state index contributed by atoms with van der Waals surface area (Å²) in [4.78, 5) is 23.0. The summed E-state index contributed by atoms with van der Waals surface area (Å²) in [5.41, 5.74) is 1.21. The van der Waals surface area contributed by atoms with Gasteiger partial charge in [0.05, 0.1) is 4.92 Å². The van der Waals surface area contributed by atoms with E-state index in [1.807, 2.05) is 13.0 Å². The van der Waals surface area contributed by atoms with Crippen molar-refractivity contribution in [2.75, 3.05) is 18.5 Å². The third-order valence-corrected chi connectivity index (χ3v) is 3.74. The number of amides is 1. The van der Waals surface area contributed by atoms with Crippen LogP contribution in [0.15, 0.2) is 36.4 Å². The maximum absolute atomic E-state index is 12.5. The molecule has 124 valence electrons. The lowest BCUT2D eigenvalue weighted by atomic mass is 10.1. The number of rotatable bonds is 4. The third-order valence-electron chi connectivity index (χ3n) is 3.74. The van der Waals surface area contributed by atoms with Gasteiger partial charge in [-0.15, -0.1) is 0 Å². The first-order valence-electron chi connectivity index (χ1n) is 7.57. The molecule has 1 heterocycles. The summed E-state index contributed by atoms with van der Waals surface area (Å²) in [6.45, 7) is 2.88. The molecule has 24 heavy (non-hydrogen) atoms. The Morgan fingerprint density at radius 3 is 2.54 bits per heavy atom. The van der Waals surface area contributed by atoms with E-state index < -0.39 is 10.8 Å². The number of aryl methyl sites for hydroxylation is 1. The average Bonchev–Trinajstić information content (AvgIpc) is 2.61. The van der Waals surface area contributed by atoms with E-state index >= 15 is 0 Å². The molecule has 1 aliphatic rings. The Morgan fingerprint density at radius 2 is 1.88 bits per heavy atom. The van der Waals surface area contributed by atoms with Crippen LogP contribution in [-0.2, 0) is 6.42 Å². The Bertz CT molecular complexity index is 804. The molecule has 0 spiro atoms. The van der Waals surface area contributed by atoms with Crippen molar-refractivity contribution in [1.29, 1.82) is 0 Å². The largest absolute Gasteiger partial charge is 0.486 e. The zero-order valence-electron chi connectivity index (χ0n) is 13.1. The molecule has 1 aliphatic heterocycles. The van der Waals surface area contributed by atoms with Crippen molar-refractivity contribution in [2.45, 2.75) is 13.3 Å². The van der Waals surface area contributed by atoms with Crippen LogP contribution in [-0.4, -0.2) is 24.0 Å². The van der Waals surface area contributed by atoms with E-state index in [0.29, 0.717) is 36.8 Å². The molecule has 0 unspecified atom stereocenters. The number of nitrogens with one attached hydrogen (secondary N) is 1. The molecule has 0 bridgehead atoms. The minimum Gasteiger partial charge on any atom is -0.486 e. The summed E-state index contributed by atoms with van der Waals surface area (Å²) in [5, 5.41) is 13.8. The fourth-order valence-electron chi connectivity index (χ4n) is 2.55. The molecule has 2 aromatic carbocycles. The van der Waals surface area contributed by atoms with Gasteiger partial charge in [-0.2, -0.15) is 0 Å². The molecule has 0 saturated heterocycles. The van der Waals surface area contributed by atoms with Crippen molar-refractivity contribution >= 4 is 17.3 Å². The van der Waals surface area contributed by atoms with Crippen LogP contribution in [0.25, 0.3) is 0 Å². The molecule has 0 saturated carbocycles. The van der Waals surface area contributed by atoms with Gasteiger partial charge >= 0.3 is 0 Å². The number of fused-ring (bicyclic) bond motifs is 1. The fourth-order valence-corrected chi connectivity index (χ4v) is 2.55. The van der Waals surface area contributed by atoms with Gasteiger partial charge < -0.3 is 14.8 Å². The van der Waals surface area contributed by atoms with Gasteiger partial charge in [-0.3, -0.25) is 14.9 Å². The van der Waals surface area contributed by atoms with Crippen LogP contribution < -0.4 is 14.8 Å². The predicted octanol–water partition coefficient (Wildman–Crippen LogP) is 3.18. The molecule has 0 fully saturated rings. The van der Waals surface area contributed by atoms with Crippen LogP contribution in [0.5, 0.6) is 11.5 Å². The number of nitro groups is 1. The van der Waals surface area contributed by atoms with Gasteiger partial charge in [0.25, 0.3) is 11.6 Å². The van der Waals surface area contributed by atoms with Gasteiger partial charge in [-0.05, 0) is 24.1 Å². The number of nitrogens with zero attached hydrogens (tertiary/aromatic N) is 1. The molecule has 0 radical (unpaired) electrons. The molecule has 3 rings (SSSR count). The highest BCUT2D eigenvalue weighted by Crippen LogP contribution is 2.36. The molecule has 7 heteroatoms. The van der Waals surface area contributed by atoms with Crippen molar-refractivity contribution in [1.82, 2.24) is 0 Å². The number of hydrogen-bond acceptors (Lipinski definition) is 5. The number of carbonyl (C=O) groups excluding carboxylic acids is 1. The van der Waals surface area contributed by atoms with Gasteiger partial charge in [0.1, 0.15) is 18.8 Å². The smallest absolute Gasteiger partial charge is 0.282 e. The summed E-state index contributed by atoms with van der Waals surface area (Å²) in [5.74, 6) is 0.659. The zero-order chi connectivity index (χ0) is 17.1. The first-order chi connectivity index (χ1) is 11.6. The standard InChI is InChI=1S/C17H16N2O5/c1-2-11-9-15-16(24-8-7-23-15)10-13(11)18-17(20)12-5-3-4-6-14(12)19(21)22/h3-6,9-10H,2,7-8H2,1H3,(H,18,20). The van der Waals surface area contributed by atoms with Crippen LogP contribution in [0.3, 0.4) is 0 Å². The Hall–Kier alpha value is -3.09. The van der Waals surface area contributed by atoms with Gasteiger partial charge in [0.2, 0.25) is 0 Å². The summed E-state index contributed by atoms with van der Waals surface area (Å²) in [6.07, 6.45) is 0.670. The van der Waals surface area contributed by atoms with Crippen molar-refractivity contribution < 1.29 is 19.2 Å². The number of anilines is 1. The molecule has 2 aromatic rings. The number of para-hydroxylation sites is 1. The SMILES string of the molecule is CCc1cc2c(cc1NC(=O)c1ccccc1[N+](=O)[O-])OCCO2. The summed E-state index contributed by atoms with van der Waals surface area (Å²) >= 11 is 0. The van der Waals surface area contributed by atoms with Crippen LogP contribution in [0.1, 0.15) is 22.8 Å². The molecule has 0 aliphatic carbocycles. The lowest BCUT2D eigenvalue weighted by molar-refractivity contribution is -0.385. The minimum absolute atomic E-state index is 0.0134. The number of carbonyl (C=O) groups is 1. The van der Waals surface area contributed by atoms with E-state index in [2.05, 4.69) is 5.32 Å². The molecule has 1 N–H and O–H groups in total. The molecule has 1 amide bonds. The van der Waals surface area contributed by atoms with E-state index in [4.69, 9.17) is 9.47 Å². The summed E-state index contributed by atoms with van der Waals surface area (Å²) in [6, 6.07) is 9.36. The van der Waals surface area contributed by atoms with Crippen molar-refractivity contribution in [3.05, 3.63) is 57.6 Å². The zero-order valence-corrected chi connectivity index (χ0v) is 13.1. The lowest BCUT2D eigenvalue weighted by Gasteiger charge is -2.21. The van der Waals surface area contributed by atoms with E-state index in [0.717, 1.165) is 5.56 Å². The maximum Gasteiger partial charge on any atom is 0.282 e. The highest BCUT2D eigenvalue weighted by atomic mass is 16.6. The Labute approximate surface area is 138 Å². The molecule has 7 nitrogen and oxygen atoms in total. The summed E-state index contributed by atoms with van der Waals surface area (Å²) < 4.78 is 11.1. The quantitative estimate of drug-likeness (QED) is 0.687. The number of nitro benzene ring substituents is 1. The van der Waals surface area contributed by atoms with Crippen molar-refractivity contribution in [3.8, 4) is 11.5 Å². The van der Waals surface area contributed by atoms with Gasteiger partial charge in [-0.25, -0.2) is 0 Å². The second kappa shape index (κ2) is 6.57. The second-order valence-corrected chi connectivity index (χ2v) is 5.23. The monoisotopic (exact) mass is 328 g/mol. The first kappa shape index (κ1) is 15.8. The predicted molar refractivity (Wildman–Crippen MR) is 87.9 cm³/mol. The molecular formula is C17H16N2O5. The number of ether oxygens (including phenoxy) is 2. The minimum atomic E-state index is -0.570. The van der Waals surface area contributed by atoms with E-state index in [1.54, 1.807) is 12.1 Å². The maximum atomic E-state index is 12.5. The van der Waals surface area contributed by atoms with Gasteiger partial charge in [-0.1, -0.05) is 19.1 Å². The Morgan fingerprint density at radius 1 is 1.21 bits per heavy atom. The Balaban J connectivity index is 1.93. The molecule has 0 atom stereocenters. The Kier molecular flexibility index (Phi) is 4.33. The molecular weight excluding hydrogens is 312 g/mol. The third kappa shape index (κ3) is 3.01. The van der Waals surface area contributed by atoms with Gasteiger partial charge in [0, 0.05) is 17.8 Å². The van der Waals surface area contributed by atoms with E-state index in [1.165, 1.54) is 18.2 Å². The lowest BCUT2D eigenvalue weighted by Crippen LogP contribution is -2.18. The number of hydrogen-bond donors (Lipinski definition) is 1. The van der Waals surface area contributed by atoms with Crippen molar-refractivity contribution in [2.24, 2.45) is 0 Å². The normalized spacial score (nSPS) is 12.5. The number of benzene rings is 2. The highest BCUT2D eigenvalue weighted by molar-refractivity contribution is 6.07.